The van der Waals surface area contributed by atoms with E-state index in [-0.39, 0.29) is 17.6 Å². The number of amides is 1. The largest absolute Gasteiger partial charge is 0.319 e. The number of carbonyl (C=O) groups excluding carboxylic acids is 1. The minimum Gasteiger partial charge on any atom is -0.319 e. The van der Waals surface area contributed by atoms with Crippen LogP contribution in [0.2, 0.25) is 0 Å². The summed E-state index contributed by atoms with van der Waals surface area (Å²) in [5, 5.41) is 1.86. The smallest absolute Gasteiger partial charge is 0.251 e. The zero-order valence-corrected chi connectivity index (χ0v) is 11.9. The van der Waals surface area contributed by atoms with E-state index in [9.17, 15) is 9.18 Å². The van der Waals surface area contributed by atoms with Crippen molar-refractivity contribution in [2.45, 2.75) is 19.9 Å². The predicted octanol–water partition coefficient (Wildman–Crippen LogP) is 2.82. The number of thiazole rings is 1. The molecule has 104 valence electrons. The molecule has 1 amide bonds. The number of hydrogen-bond acceptors (Lipinski definition) is 2. The topological polar surface area (TPSA) is 34.4 Å². The molecule has 2 aromatic rings. The predicted molar refractivity (Wildman–Crippen MR) is 75.7 cm³/mol. The Hall–Kier alpha value is -1.75. The summed E-state index contributed by atoms with van der Waals surface area (Å²) in [4.78, 5) is 16.7. The Morgan fingerprint density at radius 3 is 2.95 bits per heavy atom. The van der Waals surface area contributed by atoms with Crippen molar-refractivity contribution < 1.29 is 9.18 Å². The molecule has 5 heteroatoms. The Kier molecular flexibility index (Phi) is 3.53. The van der Waals surface area contributed by atoms with Crippen molar-refractivity contribution in [3.05, 3.63) is 52.0 Å². The molecule has 0 aliphatic heterocycles. The molecule has 1 saturated carbocycles. The van der Waals surface area contributed by atoms with Crippen LogP contribution in [0.3, 0.4) is 0 Å². The van der Waals surface area contributed by atoms with Crippen LogP contribution in [0, 0.1) is 17.7 Å². The molecule has 0 spiro atoms. The zero-order valence-electron chi connectivity index (χ0n) is 11.1. The third kappa shape index (κ3) is 2.72. The molecular weight excluding hydrogens is 275 g/mol. The number of carbonyl (C=O) groups is 1. The van der Waals surface area contributed by atoms with Gasteiger partial charge in [0.2, 0.25) is 0 Å². The van der Waals surface area contributed by atoms with Gasteiger partial charge in [0.25, 0.3) is 5.91 Å². The average molecular weight is 290 g/mol. The molecule has 1 aliphatic carbocycles. The van der Waals surface area contributed by atoms with Crippen LogP contribution in [0.25, 0.3) is 0 Å². The van der Waals surface area contributed by atoms with Gasteiger partial charge in [-0.3, -0.25) is 4.79 Å². The maximum absolute atomic E-state index is 13.7. The Morgan fingerprint density at radius 1 is 1.50 bits per heavy atom. The van der Waals surface area contributed by atoms with Gasteiger partial charge in [-0.1, -0.05) is 25.1 Å². The minimum atomic E-state index is -0.237. The SMILES string of the molecule is C[C@@H]1C[C@@H]1C(=O)N=c1sccn1Cc1ccccc1F. The van der Waals surface area contributed by atoms with Crippen LogP contribution in [0.4, 0.5) is 4.39 Å². The summed E-state index contributed by atoms with van der Waals surface area (Å²) < 4.78 is 15.5. The average Bonchev–Trinajstić information content (AvgIpc) is 3.01. The van der Waals surface area contributed by atoms with Crippen LogP contribution in [-0.2, 0) is 11.3 Å². The van der Waals surface area contributed by atoms with Crippen molar-refractivity contribution in [2.75, 3.05) is 0 Å². The van der Waals surface area contributed by atoms with Crippen LogP contribution in [0.1, 0.15) is 18.9 Å². The lowest BCUT2D eigenvalue weighted by atomic mass is 10.2. The molecule has 20 heavy (non-hydrogen) atoms. The highest BCUT2D eigenvalue weighted by Gasteiger charge is 2.39. The summed E-state index contributed by atoms with van der Waals surface area (Å²) in [6, 6.07) is 6.66. The Bertz CT molecular complexity index is 704. The number of aromatic nitrogens is 1. The number of nitrogens with zero attached hydrogens (tertiary/aromatic N) is 2. The van der Waals surface area contributed by atoms with Crippen molar-refractivity contribution in [3.63, 3.8) is 0 Å². The lowest BCUT2D eigenvalue weighted by Crippen LogP contribution is -2.18. The van der Waals surface area contributed by atoms with E-state index in [1.54, 1.807) is 18.2 Å². The monoisotopic (exact) mass is 290 g/mol. The van der Waals surface area contributed by atoms with E-state index in [2.05, 4.69) is 11.9 Å². The summed E-state index contributed by atoms with van der Waals surface area (Å²) >= 11 is 1.40. The highest BCUT2D eigenvalue weighted by Crippen LogP contribution is 2.38. The molecule has 0 saturated heterocycles. The second kappa shape index (κ2) is 5.32. The summed E-state index contributed by atoms with van der Waals surface area (Å²) in [6.45, 7) is 2.45. The van der Waals surface area contributed by atoms with Gasteiger partial charge >= 0.3 is 0 Å². The first-order chi connectivity index (χ1) is 9.65. The third-order valence-corrected chi connectivity index (χ3v) is 4.39. The van der Waals surface area contributed by atoms with E-state index < -0.39 is 0 Å². The van der Waals surface area contributed by atoms with Crippen molar-refractivity contribution in [1.29, 1.82) is 0 Å². The van der Waals surface area contributed by atoms with Gasteiger partial charge in [-0.05, 0) is 18.4 Å². The van der Waals surface area contributed by atoms with Gasteiger partial charge in [0.05, 0.1) is 6.54 Å². The number of rotatable bonds is 3. The Labute approximate surface area is 120 Å². The third-order valence-electron chi connectivity index (χ3n) is 3.59. The van der Waals surface area contributed by atoms with Gasteiger partial charge in [-0.25, -0.2) is 4.39 Å². The number of hydrogen-bond donors (Lipinski definition) is 0. The fourth-order valence-electron chi connectivity index (χ4n) is 2.16. The second-order valence-electron chi connectivity index (χ2n) is 5.17. The van der Waals surface area contributed by atoms with Crippen LogP contribution >= 0.6 is 11.3 Å². The second-order valence-corrected chi connectivity index (χ2v) is 6.05. The molecular formula is C15H15FN2OS. The quantitative estimate of drug-likeness (QED) is 0.856. The number of halogens is 1. The molecule has 1 heterocycles. The van der Waals surface area contributed by atoms with E-state index in [1.807, 2.05) is 16.1 Å². The maximum atomic E-state index is 13.7. The van der Waals surface area contributed by atoms with E-state index >= 15 is 0 Å². The van der Waals surface area contributed by atoms with E-state index in [0.717, 1.165) is 6.42 Å². The molecule has 3 rings (SSSR count). The molecule has 2 atom stereocenters. The van der Waals surface area contributed by atoms with Crippen LogP contribution in [-0.4, -0.2) is 10.5 Å². The van der Waals surface area contributed by atoms with Gasteiger partial charge in [0.15, 0.2) is 4.80 Å². The molecule has 0 unspecified atom stereocenters. The lowest BCUT2D eigenvalue weighted by Gasteiger charge is -2.04. The first kappa shape index (κ1) is 13.2. The highest BCUT2D eigenvalue weighted by molar-refractivity contribution is 7.07. The standard InChI is InChI=1S/C15H15FN2OS/c1-10-8-12(10)14(19)17-15-18(6-7-20-15)9-11-4-2-3-5-13(11)16/h2-7,10,12H,8-9H2,1H3/t10-,12+/m1/s1. The summed E-state index contributed by atoms with van der Waals surface area (Å²) in [5.41, 5.74) is 0.597. The van der Waals surface area contributed by atoms with Crippen LogP contribution < -0.4 is 4.80 Å². The molecule has 1 aliphatic rings. The van der Waals surface area contributed by atoms with Gasteiger partial charge in [0.1, 0.15) is 5.82 Å². The number of benzene rings is 1. The summed E-state index contributed by atoms with van der Waals surface area (Å²) in [6.07, 6.45) is 2.76. The lowest BCUT2D eigenvalue weighted by molar-refractivity contribution is -0.119. The molecule has 1 fully saturated rings. The Balaban J connectivity index is 1.85. The fourth-order valence-corrected chi connectivity index (χ4v) is 2.89. The zero-order chi connectivity index (χ0) is 14.1. The van der Waals surface area contributed by atoms with Gasteiger partial charge in [-0.2, -0.15) is 4.99 Å². The molecule has 1 aromatic carbocycles. The first-order valence-electron chi connectivity index (χ1n) is 6.61. The maximum Gasteiger partial charge on any atom is 0.251 e. The fraction of sp³-hybridized carbons (Fsp3) is 0.333. The molecule has 0 bridgehead atoms. The van der Waals surface area contributed by atoms with Crippen molar-refractivity contribution >= 4 is 17.2 Å². The van der Waals surface area contributed by atoms with Crippen molar-refractivity contribution in [3.8, 4) is 0 Å². The molecule has 0 N–H and O–H groups in total. The Morgan fingerprint density at radius 2 is 2.25 bits per heavy atom. The first-order valence-corrected chi connectivity index (χ1v) is 7.49. The van der Waals surface area contributed by atoms with Gasteiger partial charge in [-0.15, -0.1) is 11.3 Å². The molecule has 1 aromatic heterocycles. The summed E-state index contributed by atoms with van der Waals surface area (Å²) in [7, 11) is 0. The van der Waals surface area contributed by atoms with E-state index in [0.29, 0.717) is 22.8 Å². The van der Waals surface area contributed by atoms with Crippen LogP contribution in [0.15, 0.2) is 40.8 Å². The normalized spacial score (nSPS) is 22.0. The van der Waals surface area contributed by atoms with Crippen molar-refractivity contribution in [1.82, 2.24) is 4.57 Å². The van der Waals surface area contributed by atoms with Crippen molar-refractivity contribution in [2.24, 2.45) is 16.8 Å². The molecule has 0 radical (unpaired) electrons. The van der Waals surface area contributed by atoms with Gasteiger partial charge in [0, 0.05) is 23.1 Å². The highest BCUT2D eigenvalue weighted by atomic mass is 32.1. The van der Waals surface area contributed by atoms with Gasteiger partial charge < -0.3 is 4.57 Å². The van der Waals surface area contributed by atoms with E-state index in [4.69, 9.17) is 0 Å². The molecule has 3 nitrogen and oxygen atoms in total. The summed E-state index contributed by atoms with van der Waals surface area (Å²) in [5.74, 6) is 0.242. The van der Waals surface area contributed by atoms with Crippen LogP contribution in [0.5, 0.6) is 0 Å². The minimum absolute atomic E-state index is 0.0535. The van der Waals surface area contributed by atoms with E-state index in [1.165, 1.54) is 17.4 Å².